The average Bonchev–Trinajstić information content (AvgIpc) is 2.59. The first kappa shape index (κ1) is 16.2. The van der Waals surface area contributed by atoms with Crippen molar-refractivity contribution in [3.63, 3.8) is 0 Å². The van der Waals surface area contributed by atoms with Crippen LogP contribution in [-0.4, -0.2) is 29.1 Å². The minimum atomic E-state index is -0.830. The van der Waals surface area contributed by atoms with Crippen molar-refractivity contribution in [2.75, 3.05) is 14.2 Å². The molecule has 1 aromatic carbocycles. The molecule has 1 aromatic heterocycles. The van der Waals surface area contributed by atoms with Crippen LogP contribution in [0, 0.1) is 21.4 Å². The predicted molar refractivity (Wildman–Crippen MR) is 80.3 cm³/mol. The molecule has 0 saturated heterocycles. The van der Waals surface area contributed by atoms with E-state index >= 15 is 0 Å². The molecule has 2 rings (SSSR count). The first-order chi connectivity index (χ1) is 11.1. The lowest BCUT2D eigenvalue weighted by atomic mass is 9.96. The number of hydrogen-bond donors (Lipinski definition) is 0. The molecule has 2 aromatic rings. The van der Waals surface area contributed by atoms with Crippen molar-refractivity contribution >= 4 is 5.69 Å². The van der Waals surface area contributed by atoms with Crippen LogP contribution in [0.25, 0.3) is 0 Å². The molecule has 8 heteroatoms. The lowest BCUT2D eigenvalue weighted by Crippen LogP contribution is -2.11. The summed E-state index contributed by atoms with van der Waals surface area (Å²) >= 11 is 0. The first-order valence-electron chi connectivity index (χ1n) is 6.68. The molecule has 0 radical (unpaired) electrons. The Morgan fingerprint density at radius 2 is 1.96 bits per heavy atom. The maximum Gasteiger partial charge on any atom is 0.353 e. The van der Waals surface area contributed by atoms with Gasteiger partial charge >= 0.3 is 17.6 Å². The number of nitrogens with zero attached hydrogens (tertiary/aromatic N) is 4. The second kappa shape index (κ2) is 7.17. The Morgan fingerprint density at radius 3 is 2.48 bits per heavy atom. The Morgan fingerprint density at radius 1 is 1.26 bits per heavy atom. The molecule has 1 unspecified atom stereocenters. The molecule has 0 aliphatic carbocycles. The molecular formula is C15H14N4O4. The highest BCUT2D eigenvalue weighted by atomic mass is 16.6. The summed E-state index contributed by atoms with van der Waals surface area (Å²) in [6, 6.07) is 11.2. The Balaban J connectivity index is 2.54. The number of nitriles is 1. The normalized spacial score (nSPS) is 11.3. The van der Waals surface area contributed by atoms with Crippen LogP contribution in [0.5, 0.6) is 11.9 Å². The number of nitro groups is 1. The number of methoxy groups -OCH3 is 2. The van der Waals surface area contributed by atoms with E-state index in [1.807, 2.05) is 30.3 Å². The molecule has 118 valence electrons. The van der Waals surface area contributed by atoms with Gasteiger partial charge in [0.25, 0.3) is 0 Å². The molecule has 0 bridgehead atoms. The van der Waals surface area contributed by atoms with Gasteiger partial charge in [-0.3, -0.25) is 10.1 Å². The smallest absolute Gasteiger partial charge is 0.353 e. The number of ether oxygens (including phenoxy) is 2. The lowest BCUT2D eigenvalue weighted by molar-refractivity contribution is -0.387. The van der Waals surface area contributed by atoms with Crippen LogP contribution in [-0.2, 0) is 6.42 Å². The summed E-state index contributed by atoms with van der Waals surface area (Å²) in [6.45, 7) is 0. The monoisotopic (exact) mass is 314 g/mol. The van der Waals surface area contributed by atoms with Crippen molar-refractivity contribution in [3.8, 4) is 18.0 Å². The van der Waals surface area contributed by atoms with E-state index in [4.69, 9.17) is 9.47 Å². The average molecular weight is 314 g/mol. The molecule has 0 spiro atoms. The summed E-state index contributed by atoms with van der Waals surface area (Å²) < 4.78 is 9.90. The van der Waals surface area contributed by atoms with E-state index in [1.165, 1.54) is 14.2 Å². The summed E-state index contributed by atoms with van der Waals surface area (Å²) in [6.07, 6.45) is 0.279. The topological polar surface area (TPSA) is 111 Å². The molecule has 23 heavy (non-hydrogen) atoms. The van der Waals surface area contributed by atoms with Gasteiger partial charge in [-0.2, -0.15) is 15.2 Å². The van der Waals surface area contributed by atoms with E-state index in [2.05, 4.69) is 16.0 Å². The van der Waals surface area contributed by atoms with Gasteiger partial charge in [-0.05, 0) is 12.0 Å². The quantitative estimate of drug-likeness (QED) is 0.593. The third kappa shape index (κ3) is 3.52. The van der Waals surface area contributed by atoms with Gasteiger partial charge in [0.05, 0.1) is 31.1 Å². The maximum atomic E-state index is 11.4. The molecule has 0 N–H and O–H groups in total. The SMILES string of the molecule is COc1nc(OC)c([N+](=O)[O-])c(C(C#N)Cc2ccccc2)n1. The van der Waals surface area contributed by atoms with Crippen molar-refractivity contribution in [1.29, 1.82) is 5.26 Å². The minimum Gasteiger partial charge on any atom is -0.476 e. The van der Waals surface area contributed by atoms with E-state index < -0.39 is 16.5 Å². The molecular weight excluding hydrogens is 300 g/mol. The highest BCUT2D eigenvalue weighted by Crippen LogP contribution is 2.35. The summed E-state index contributed by atoms with van der Waals surface area (Å²) in [4.78, 5) is 18.5. The van der Waals surface area contributed by atoms with Crippen molar-refractivity contribution in [2.24, 2.45) is 0 Å². The summed E-state index contributed by atoms with van der Waals surface area (Å²) in [5.41, 5.74) is 0.422. The summed E-state index contributed by atoms with van der Waals surface area (Å²) in [5.74, 6) is -1.06. The first-order valence-corrected chi connectivity index (χ1v) is 6.68. The molecule has 0 aliphatic rings. The minimum absolute atomic E-state index is 0.0231. The van der Waals surface area contributed by atoms with Crippen molar-refractivity contribution < 1.29 is 14.4 Å². The second-order valence-electron chi connectivity index (χ2n) is 4.58. The maximum absolute atomic E-state index is 11.4. The Bertz CT molecular complexity index is 743. The fourth-order valence-electron chi connectivity index (χ4n) is 2.13. The molecule has 0 fully saturated rings. The molecule has 0 saturated carbocycles. The number of hydrogen-bond acceptors (Lipinski definition) is 7. The third-order valence-electron chi connectivity index (χ3n) is 3.19. The second-order valence-corrected chi connectivity index (χ2v) is 4.58. The molecule has 0 aliphatic heterocycles. The fourth-order valence-corrected chi connectivity index (χ4v) is 2.13. The summed E-state index contributed by atoms with van der Waals surface area (Å²) in [5, 5.41) is 20.8. The molecule has 0 amide bonds. The van der Waals surface area contributed by atoms with Crippen LogP contribution in [0.2, 0.25) is 0 Å². The van der Waals surface area contributed by atoms with Gasteiger partial charge in [0.2, 0.25) is 0 Å². The van der Waals surface area contributed by atoms with Crippen molar-refractivity contribution in [1.82, 2.24) is 9.97 Å². The highest BCUT2D eigenvalue weighted by molar-refractivity contribution is 5.50. The zero-order valence-electron chi connectivity index (χ0n) is 12.6. The van der Waals surface area contributed by atoms with Crippen LogP contribution in [0.3, 0.4) is 0 Å². The summed E-state index contributed by atoms with van der Waals surface area (Å²) in [7, 11) is 2.60. The fraction of sp³-hybridized carbons (Fsp3) is 0.267. The predicted octanol–water partition coefficient (Wildman–Crippen LogP) is 2.25. The van der Waals surface area contributed by atoms with E-state index in [0.29, 0.717) is 0 Å². The standard InChI is InChI=1S/C15H14N4O4/c1-22-14-13(19(20)21)12(17-15(18-14)23-2)11(9-16)8-10-6-4-3-5-7-10/h3-7,11H,8H2,1-2H3. The lowest BCUT2D eigenvalue weighted by Gasteiger charge is -2.12. The van der Waals surface area contributed by atoms with E-state index in [-0.39, 0.29) is 24.0 Å². The Labute approximate surface area is 132 Å². The van der Waals surface area contributed by atoms with E-state index in [9.17, 15) is 15.4 Å². The van der Waals surface area contributed by atoms with E-state index in [0.717, 1.165) is 5.56 Å². The Kier molecular flexibility index (Phi) is 5.04. The zero-order valence-corrected chi connectivity index (χ0v) is 12.6. The van der Waals surface area contributed by atoms with Crippen LogP contribution in [0.1, 0.15) is 17.2 Å². The van der Waals surface area contributed by atoms with Crippen LogP contribution in [0.15, 0.2) is 30.3 Å². The Hall–Kier alpha value is -3.21. The molecule has 8 nitrogen and oxygen atoms in total. The highest BCUT2D eigenvalue weighted by Gasteiger charge is 2.31. The van der Waals surface area contributed by atoms with Gasteiger partial charge < -0.3 is 9.47 Å². The van der Waals surface area contributed by atoms with Gasteiger partial charge in [0, 0.05) is 0 Å². The van der Waals surface area contributed by atoms with Crippen molar-refractivity contribution in [3.05, 3.63) is 51.7 Å². The number of aromatic nitrogens is 2. The number of benzene rings is 1. The third-order valence-corrected chi connectivity index (χ3v) is 3.19. The van der Waals surface area contributed by atoms with Crippen LogP contribution in [0.4, 0.5) is 5.69 Å². The van der Waals surface area contributed by atoms with Crippen LogP contribution >= 0.6 is 0 Å². The van der Waals surface area contributed by atoms with E-state index in [1.54, 1.807) is 0 Å². The van der Waals surface area contributed by atoms with Gasteiger partial charge in [0.15, 0.2) is 0 Å². The van der Waals surface area contributed by atoms with Gasteiger partial charge in [0.1, 0.15) is 5.69 Å². The van der Waals surface area contributed by atoms with Gasteiger partial charge in [-0.15, -0.1) is 0 Å². The van der Waals surface area contributed by atoms with Gasteiger partial charge in [-0.1, -0.05) is 30.3 Å². The largest absolute Gasteiger partial charge is 0.476 e. The number of rotatable bonds is 6. The van der Waals surface area contributed by atoms with Crippen molar-refractivity contribution in [2.45, 2.75) is 12.3 Å². The zero-order chi connectivity index (χ0) is 16.8. The van der Waals surface area contributed by atoms with Gasteiger partial charge in [-0.25, -0.2) is 0 Å². The van der Waals surface area contributed by atoms with Crippen LogP contribution < -0.4 is 9.47 Å². The molecule has 1 atom stereocenters. The molecule has 1 heterocycles.